The molecule has 0 aliphatic heterocycles. The summed E-state index contributed by atoms with van der Waals surface area (Å²) in [7, 11) is 0. The van der Waals surface area contributed by atoms with Gasteiger partial charge in [-0.25, -0.2) is 39.9 Å². The largest absolute Gasteiger partial charge is 0.456 e. The van der Waals surface area contributed by atoms with E-state index in [9.17, 15) is 0 Å². The minimum atomic E-state index is 0.567. The first kappa shape index (κ1) is 53.5. The third-order valence-corrected chi connectivity index (χ3v) is 19.3. The summed E-state index contributed by atoms with van der Waals surface area (Å²) in [5.74, 6) is 3.49. The summed E-state index contributed by atoms with van der Waals surface area (Å²) in [6.45, 7) is 0. The molecule has 12 nitrogen and oxygen atoms in total. The predicted octanol–water partition coefficient (Wildman–Crippen LogP) is 21.9. The molecular formula is C80H44N8O4S2. The Morgan fingerprint density at radius 2 is 0.585 bits per heavy atom. The van der Waals surface area contributed by atoms with E-state index >= 15 is 0 Å². The summed E-state index contributed by atoms with van der Waals surface area (Å²) < 4.78 is 27.8. The second-order valence-electron chi connectivity index (χ2n) is 22.8. The van der Waals surface area contributed by atoms with Crippen molar-refractivity contribution in [3.05, 3.63) is 267 Å². The SMILES string of the molecule is c1ccc(-c2nc(-c3ccc4oc5ccccc5c4c3)nc(-c3cccc4oc5c(-c6nc7ccccc7s6)cccc5c34)n2)cc1.c1ccc(-c2nc(-c3cccc4oc5ccccc5c34)nc(-c3cccc4oc5c(-c6nc7ccccc7s6)cccc5c34)n2)cc1. The van der Waals surface area contributed by atoms with Crippen LogP contribution in [0.15, 0.2) is 285 Å². The van der Waals surface area contributed by atoms with Crippen LogP contribution in [-0.4, -0.2) is 39.9 Å². The van der Waals surface area contributed by atoms with Crippen LogP contribution in [0.2, 0.25) is 0 Å². The molecule has 440 valence electrons. The van der Waals surface area contributed by atoms with E-state index in [4.69, 9.17) is 57.5 Å². The molecule has 20 rings (SSSR count). The molecule has 0 fully saturated rings. The smallest absolute Gasteiger partial charge is 0.164 e. The third-order valence-electron chi connectivity index (χ3n) is 17.2. The molecule has 0 unspecified atom stereocenters. The maximum Gasteiger partial charge on any atom is 0.164 e. The van der Waals surface area contributed by atoms with Gasteiger partial charge in [0.25, 0.3) is 0 Å². The van der Waals surface area contributed by atoms with E-state index in [1.807, 2.05) is 182 Å². The molecule has 8 aromatic heterocycles. The van der Waals surface area contributed by atoms with E-state index in [-0.39, 0.29) is 0 Å². The molecule has 0 aliphatic carbocycles. The van der Waals surface area contributed by atoms with Crippen molar-refractivity contribution in [2.45, 2.75) is 0 Å². The van der Waals surface area contributed by atoms with Gasteiger partial charge in [0.1, 0.15) is 54.7 Å². The van der Waals surface area contributed by atoms with E-state index in [1.54, 1.807) is 22.7 Å². The number of para-hydroxylation sites is 6. The van der Waals surface area contributed by atoms with Gasteiger partial charge in [-0.05, 0) is 84.9 Å². The molecule has 8 heterocycles. The Hall–Kier alpha value is -12.4. The zero-order valence-corrected chi connectivity index (χ0v) is 51.1. The molecule has 0 radical (unpaired) electrons. The Bertz CT molecular complexity index is 6340. The lowest BCUT2D eigenvalue weighted by Crippen LogP contribution is -2.00. The fraction of sp³-hybridized carbons (Fsp3) is 0. The van der Waals surface area contributed by atoms with Gasteiger partial charge < -0.3 is 17.7 Å². The molecule has 20 aromatic rings. The molecule has 0 atom stereocenters. The van der Waals surface area contributed by atoms with Crippen LogP contribution < -0.4 is 0 Å². The number of benzene rings is 12. The maximum absolute atomic E-state index is 6.60. The Morgan fingerprint density at radius 3 is 1.12 bits per heavy atom. The number of nitrogens with zero attached hydrogens (tertiary/aromatic N) is 8. The lowest BCUT2D eigenvalue weighted by Gasteiger charge is -2.10. The van der Waals surface area contributed by atoms with E-state index < -0.39 is 0 Å². The lowest BCUT2D eigenvalue weighted by molar-refractivity contribution is 0.668. The lowest BCUT2D eigenvalue weighted by atomic mass is 10.0. The van der Waals surface area contributed by atoms with E-state index in [2.05, 4.69) is 84.9 Å². The van der Waals surface area contributed by atoms with Crippen molar-refractivity contribution in [3.8, 4) is 89.5 Å². The van der Waals surface area contributed by atoms with Crippen molar-refractivity contribution in [3.63, 3.8) is 0 Å². The summed E-state index contributed by atoms with van der Waals surface area (Å²) in [5.41, 5.74) is 15.6. The molecule has 0 amide bonds. The first-order chi connectivity index (χ1) is 46.5. The van der Waals surface area contributed by atoms with Crippen LogP contribution in [0.3, 0.4) is 0 Å². The molecule has 0 N–H and O–H groups in total. The molecular weight excluding hydrogens is 1200 g/mol. The number of fused-ring (bicyclic) bond motifs is 14. The number of aromatic nitrogens is 8. The second-order valence-corrected chi connectivity index (χ2v) is 24.9. The number of thiazole rings is 2. The van der Waals surface area contributed by atoms with Crippen LogP contribution >= 0.6 is 22.7 Å². The summed E-state index contributed by atoms with van der Waals surface area (Å²) in [5, 5.41) is 9.80. The minimum absolute atomic E-state index is 0.567. The number of hydrogen-bond donors (Lipinski definition) is 0. The van der Waals surface area contributed by atoms with Crippen molar-refractivity contribution in [1.82, 2.24) is 39.9 Å². The minimum Gasteiger partial charge on any atom is -0.456 e. The highest BCUT2D eigenvalue weighted by Gasteiger charge is 2.25. The van der Waals surface area contributed by atoms with Gasteiger partial charge in [0.2, 0.25) is 0 Å². The topological polar surface area (TPSA) is 156 Å². The van der Waals surface area contributed by atoms with Crippen molar-refractivity contribution in [2.24, 2.45) is 0 Å². The van der Waals surface area contributed by atoms with Crippen LogP contribution in [-0.2, 0) is 0 Å². The highest BCUT2D eigenvalue weighted by Crippen LogP contribution is 2.45. The molecule has 0 bridgehead atoms. The number of furan rings is 4. The Labute approximate surface area is 541 Å². The van der Waals surface area contributed by atoms with Crippen LogP contribution in [0.1, 0.15) is 0 Å². The van der Waals surface area contributed by atoms with Crippen LogP contribution in [0.5, 0.6) is 0 Å². The van der Waals surface area contributed by atoms with Gasteiger partial charge in [0, 0.05) is 76.5 Å². The fourth-order valence-electron chi connectivity index (χ4n) is 12.9. The van der Waals surface area contributed by atoms with Crippen molar-refractivity contribution in [1.29, 1.82) is 0 Å². The molecule has 0 spiro atoms. The van der Waals surface area contributed by atoms with Gasteiger partial charge >= 0.3 is 0 Å². The highest BCUT2D eigenvalue weighted by molar-refractivity contribution is 7.22. The second kappa shape index (κ2) is 21.7. The molecule has 0 saturated carbocycles. The van der Waals surface area contributed by atoms with Crippen LogP contribution in [0.25, 0.3) is 198 Å². The van der Waals surface area contributed by atoms with E-state index in [1.165, 1.54) is 0 Å². The predicted molar refractivity (Wildman–Crippen MR) is 379 cm³/mol. The quantitative estimate of drug-likeness (QED) is 0.142. The summed E-state index contributed by atoms with van der Waals surface area (Å²) in [4.78, 5) is 40.3. The van der Waals surface area contributed by atoms with Crippen LogP contribution in [0.4, 0.5) is 0 Å². The van der Waals surface area contributed by atoms with Crippen molar-refractivity contribution in [2.75, 3.05) is 0 Å². The summed E-state index contributed by atoms with van der Waals surface area (Å²) in [6, 6.07) is 89.3. The Balaban J connectivity index is 0.000000133. The van der Waals surface area contributed by atoms with E-state index in [0.29, 0.717) is 34.9 Å². The average molecular weight is 1250 g/mol. The van der Waals surface area contributed by atoms with Gasteiger partial charge in [-0.15, -0.1) is 22.7 Å². The summed E-state index contributed by atoms with van der Waals surface area (Å²) >= 11 is 3.33. The zero-order chi connectivity index (χ0) is 61.8. The van der Waals surface area contributed by atoms with Gasteiger partial charge in [-0.2, -0.15) is 0 Å². The van der Waals surface area contributed by atoms with Gasteiger partial charge in [-0.3, -0.25) is 0 Å². The van der Waals surface area contributed by atoms with Crippen molar-refractivity contribution >= 4 is 131 Å². The van der Waals surface area contributed by atoms with Gasteiger partial charge in [-0.1, -0.05) is 182 Å². The molecule has 14 heteroatoms. The summed E-state index contributed by atoms with van der Waals surface area (Å²) in [6.07, 6.45) is 0. The van der Waals surface area contributed by atoms with Gasteiger partial charge in [0.15, 0.2) is 34.9 Å². The monoisotopic (exact) mass is 1240 g/mol. The third kappa shape index (κ3) is 8.95. The first-order valence-corrected chi connectivity index (χ1v) is 32.2. The first-order valence-electron chi connectivity index (χ1n) is 30.6. The number of hydrogen-bond acceptors (Lipinski definition) is 14. The zero-order valence-electron chi connectivity index (χ0n) is 49.4. The maximum atomic E-state index is 6.60. The molecule has 0 saturated heterocycles. The highest BCUT2D eigenvalue weighted by atomic mass is 32.1. The fourth-order valence-corrected chi connectivity index (χ4v) is 14.9. The van der Waals surface area contributed by atoms with Crippen molar-refractivity contribution < 1.29 is 17.7 Å². The molecule has 94 heavy (non-hydrogen) atoms. The van der Waals surface area contributed by atoms with Gasteiger partial charge in [0.05, 0.1) is 31.6 Å². The normalized spacial score (nSPS) is 11.8. The Morgan fingerprint density at radius 1 is 0.223 bits per heavy atom. The standard InChI is InChI=1S/2C40H22N4O2S/c1-2-11-23(12-3-1)37-42-38(26-15-9-20-31-34(26)24-13-4-6-19-30(24)45-31)44-39(43-37)27-16-10-21-32-35(27)25-14-8-17-28(36(25)46-32)40-41-29-18-5-7-22-33(29)47-40;1-2-10-23(11-3-1)37-42-38(24-20-21-32-29(22-24)25-12-4-6-17-31(25)45-32)44-39(43-37)27-14-9-18-33-35(27)26-13-8-15-28(36(26)46-33)40-41-30-16-5-7-19-34(30)47-40/h2*1-22H. The van der Waals surface area contributed by atoms with Crippen LogP contribution in [0, 0.1) is 0 Å². The Kier molecular flexibility index (Phi) is 12.3. The number of rotatable bonds is 8. The molecule has 0 aliphatic rings. The average Bonchev–Trinajstić information content (AvgIpc) is 1.56. The van der Waals surface area contributed by atoms with E-state index in [0.717, 1.165) is 163 Å². The molecule has 12 aromatic carbocycles.